The minimum atomic E-state index is -0.535. The quantitative estimate of drug-likeness (QED) is 0.320. The predicted molar refractivity (Wildman–Crippen MR) is 103 cm³/mol. The predicted octanol–water partition coefficient (Wildman–Crippen LogP) is 4.84. The number of carbonyl (C=O) groups is 3. The topological polar surface area (TPSA) is 69.7 Å². The number of hydrogen-bond acceptors (Lipinski definition) is 5. The fourth-order valence-corrected chi connectivity index (χ4v) is 3.83. The van der Waals surface area contributed by atoms with Crippen LogP contribution in [0.1, 0.15) is 76.2 Å². The van der Waals surface area contributed by atoms with Crippen molar-refractivity contribution in [2.45, 2.75) is 60.3 Å². The summed E-state index contributed by atoms with van der Waals surface area (Å²) in [5.74, 6) is -0.229. The number of allylic oxidation sites excluding steroid dienone is 2. The van der Waals surface area contributed by atoms with Crippen molar-refractivity contribution in [3.05, 3.63) is 34.9 Å². The van der Waals surface area contributed by atoms with Crippen LogP contribution in [-0.2, 0) is 9.59 Å². The Kier molecular flexibility index (Phi) is 6.58. The largest absolute Gasteiger partial charge is 0.426 e. The number of ether oxygens (including phenoxy) is 2. The van der Waals surface area contributed by atoms with Crippen molar-refractivity contribution >= 4 is 17.7 Å². The molecule has 0 saturated heterocycles. The number of benzene rings is 1. The Hall–Kier alpha value is -2.43. The first kappa shape index (κ1) is 20.9. The number of hydrogen-bond donors (Lipinski definition) is 0. The number of carbonyl (C=O) groups excluding carboxylic acids is 3. The lowest BCUT2D eigenvalue weighted by Gasteiger charge is -2.34. The summed E-state index contributed by atoms with van der Waals surface area (Å²) in [6, 6.07) is 3.42. The Balaban J connectivity index is 2.72. The third-order valence-electron chi connectivity index (χ3n) is 5.01. The van der Waals surface area contributed by atoms with Gasteiger partial charge in [0.2, 0.25) is 0 Å². The average Bonchev–Trinajstić information content (AvgIpc) is 2.53. The van der Waals surface area contributed by atoms with Gasteiger partial charge in [0.05, 0.1) is 0 Å². The molecule has 0 radical (unpaired) electrons. The van der Waals surface area contributed by atoms with Crippen LogP contribution in [0.25, 0.3) is 0 Å². The van der Waals surface area contributed by atoms with Gasteiger partial charge in [-0.2, -0.15) is 0 Å². The number of esters is 2. The van der Waals surface area contributed by atoms with Gasteiger partial charge in [0.1, 0.15) is 17.1 Å². The molecular weight excluding hydrogens is 344 g/mol. The summed E-state index contributed by atoms with van der Waals surface area (Å²) < 4.78 is 10.7. The van der Waals surface area contributed by atoms with E-state index < -0.39 is 11.9 Å². The van der Waals surface area contributed by atoms with Gasteiger partial charge in [-0.15, -0.1) is 0 Å². The lowest BCUT2D eigenvalue weighted by Crippen LogP contribution is -2.23. The molecule has 1 aliphatic carbocycles. The van der Waals surface area contributed by atoms with Crippen LogP contribution in [0.15, 0.2) is 23.8 Å². The van der Waals surface area contributed by atoms with Crippen LogP contribution in [0.2, 0.25) is 0 Å². The highest BCUT2D eigenvalue weighted by Crippen LogP contribution is 2.46. The first-order chi connectivity index (χ1) is 12.6. The first-order valence-corrected chi connectivity index (χ1v) is 9.33. The third-order valence-corrected chi connectivity index (χ3v) is 5.01. The Morgan fingerprint density at radius 1 is 1.04 bits per heavy atom. The molecule has 0 aromatic heterocycles. The molecule has 5 nitrogen and oxygen atoms in total. The smallest absolute Gasteiger partial charge is 0.308 e. The van der Waals surface area contributed by atoms with Crippen molar-refractivity contribution in [1.29, 1.82) is 0 Å². The number of Topliss-reactive ketones (excluding diaryl/α,β-unsaturated/α-hetero) is 1. The van der Waals surface area contributed by atoms with Crippen LogP contribution in [-0.4, -0.2) is 17.7 Å². The van der Waals surface area contributed by atoms with E-state index >= 15 is 0 Å². The first-order valence-electron chi connectivity index (χ1n) is 9.33. The summed E-state index contributed by atoms with van der Waals surface area (Å²) in [5, 5.41) is 0. The monoisotopic (exact) mass is 372 g/mol. The SMILES string of the molecule is CC(=O)Oc1ccc([C@H]2C=C(C)CC[C@@H]2C(C)C)c(OC(C)=O)c1C(C)=O. The molecule has 2 rings (SSSR count). The van der Waals surface area contributed by atoms with E-state index in [1.54, 1.807) is 12.1 Å². The fourth-order valence-electron chi connectivity index (χ4n) is 3.83. The van der Waals surface area contributed by atoms with E-state index in [0.717, 1.165) is 18.4 Å². The van der Waals surface area contributed by atoms with Gasteiger partial charge in [0.15, 0.2) is 5.78 Å². The normalized spacial score (nSPS) is 19.4. The van der Waals surface area contributed by atoms with E-state index in [0.29, 0.717) is 11.8 Å². The highest BCUT2D eigenvalue weighted by Gasteiger charge is 2.32. The van der Waals surface area contributed by atoms with Gasteiger partial charge in [-0.05, 0) is 44.6 Å². The molecule has 5 heteroatoms. The second-order valence-corrected chi connectivity index (χ2v) is 7.59. The lowest BCUT2D eigenvalue weighted by molar-refractivity contribution is -0.132. The van der Waals surface area contributed by atoms with Crippen molar-refractivity contribution in [2.75, 3.05) is 0 Å². The van der Waals surface area contributed by atoms with E-state index in [9.17, 15) is 14.4 Å². The van der Waals surface area contributed by atoms with Gasteiger partial charge < -0.3 is 9.47 Å². The van der Waals surface area contributed by atoms with Crippen LogP contribution in [0, 0.1) is 11.8 Å². The zero-order valence-corrected chi connectivity index (χ0v) is 16.9. The summed E-state index contributed by atoms with van der Waals surface area (Å²) in [5.41, 5.74) is 2.19. The second-order valence-electron chi connectivity index (χ2n) is 7.59. The number of rotatable bonds is 5. The molecule has 0 bridgehead atoms. The van der Waals surface area contributed by atoms with Crippen molar-refractivity contribution < 1.29 is 23.9 Å². The fraction of sp³-hybridized carbons (Fsp3) is 0.500. The van der Waals surface area contributed by atoms with E-state index in [-0.39, 0.29) is 28.8 Å². The zero-order valence-electron chi connectivity index (χ0n) is 16.9. The molecule has 0 saturated carbocycles. The van der Waals surface area contributed by atoms with E-state index in [1.807, 2.05) is 0 Å². The van der Waals surface area contributed by atoms with Crippen LogP contribution in [0.5, 0.6) is 11.5 Å². The molecule has 1 aromatic rings. The highest BCUT2D eigenvalue weighted by atomic mass is 16.5. The molecule has 0 fully saturated rings. The van der Waals surface area contributed by atoms with Gasteiger partial charge in [0.25, 0.3) is 0 Å². The molecule has 0 heterocycles. The Morgan fingerprint density at radius 2 is 1.67 bits per heavy atom. The Labute approximate surface area is 160 Å². The van der Waals surface area contributed by atoms with E-state index in [4.69, 9.17) is 9.47 Å². The maximum atomic E-state index is 12.4. The molecule has 1 aromatic carbocycles. The maximum absolute atomic E-state index is 12.4. The second kappa shape index (κ2) is 8.51. The standard InChI is InChI=1S/C22H28O5/c1-12(2)17-8-7-13(3)11-19(17)18-9-10-20(26-15(5)24)21(14(4)23)22(18)27-16(6)25/h9-12,17,19H,7-8H2,1-6H3/t17-,19+/m1/s1. The summed E-state index contributed by atoms with van der Waals surface area (Å²) in [6.07, 6.45) is 4.27. The van der Waals surface area contributed by atoms with Crippen LogP contribution in [0.4, 0.5) is 0 Å². The zero-order chi connectivity index (χ0) is 20.3. The van der Waals surface area contributed by atoms with E-state index in [2.05, 4.69) is 26.8 Å². The maximum Gasteiger partial charge on any atom is 0.308 e. The van der Waals surface area contributed by atoms with Crippen LogP contribution >= 0.6 is 0 Å². The minimum Gasteiger partial charge on any atom is -0.426 e. The van der Waals surface area contributed by atoms with Crippen molar-refractivity contribution in [2.24, 2.45) is 11.8 Å². The van der Waals surface area contributed by atoms with Gasteiger partial charge >= 0.3 is 11.9 Å². The van der Waals surface area contributed by atoms with Crippen LogP contribution < -0.4 is 9.47 Å². The lowest BCUT2D eigenvalue weighted by atomic mass is 9.71. The molecule has 0 amide bonds. The van der Waals surface area contributed by atoms with Gasteiger partial charge in [0, 0.05) is 25.3 Å². The molecular formula is C22H28O5. The van der Waals surface area contributed by atoms with Gasteiger partial charge in [-0.3, -0.25) is 14.4 Å². The van der Waals surface area contributed by atoms with Crippen molar-refractivity contribution in [1.82, 2.24) is 0 Å². The Bertz CT molecular complexity index is 788. The number of ketones is 1. The van der Waals surface area contributed by atoms with E-state index in [1.165, 1.54) is 26.3 Å². The van der Waals surface area contributed by atoms with Crippen molar-refractivity contribution in [3.8, 4) is 11.5 Å². The summed E-state index contributed by atoms with van der Waals surface area (Å²) in [7, 11) is 0. The van der Waals surface area contributed by atoms with Crippen molar-refractivity contribution in [3.63, 3.8) is 0 Å². The highest BCUT2D eigenvalue weighted by molar-refractivity contribution is 6.01. The molecule has 0 aliphatic heterocycles. The minimum absolute atomic E-state index is 0.0255. The molecule has 0 unspecified atom stereocenters. The summed E-state index contributed by atoms with van der Waals surface area (Å²) in [6.45, 7) is 10.4. The molecule has 27 heavy (non-hydrogen) atoms. The van der Waals surface area contributed by atoms with Gasteiger partial charge in [-0.1, -0.05) is 31.6 Å². The average molecular weight is 372 g/mol. The molecule has 1 aliphatic rings. The summed E-state index contributed by atoms with van der Waals surface area (Å²) >= 11 is 0. The Morgan fingerprint density at radius 3 is 2.19 bits per heavy atom. The molecule has 2 atom stereocenters. The van der Waals surface area contributed by atoms with Crippen LogP contribution in [0.3, 0.4) is 0 Å². The third kappa shape index (κ3) is 4.85. The summed E-state index contributed by atoms with van der Waals surface area (Å²) in [4.78, 5) is 35.6. The van der Waals surface area contributed by atoms with Gasteiger partial charge in [-0.25, -0.2) is 0 Å². The molecule has 0 N–H and O–H groups in total. The molecule has 146 valence electrons. The molecule has 0 spiro atoms.